The second kappa shape index (κ2) is 8.11. The van der Waals surface area contributed by atoms with Gasteiger partial charge in [-0.05, 0) is 36.1 Å². The zero-order chi connectivity index (χ0) is 22.2. The molecule has 5 rings (SSSR count). The van der Waals surface area contributed by atoms with E-state index in [1.807, 2.05) is 48.0 Å². The van der Waals surface area contributed by atoms with Crippen LogP contribution in [0, 0.1) is 6.92 Å². The minimum Gasteiger partial charge on any atom is -0.338 e. The van der Waals surface area contributed by atoms with Crippen LogP contribution in [0.3, 0.4) is 0 Å². The topological polar surface area (TPSA) is 91.3 Å². The number of nitrogens with zero attached hydrogens (tertiary/aromatic N) is 4. The first kappa shape index (κ1) is 20.2. The Kier molecular flexibility index (Phi) is 5.13. The van der Waals surface area contributed by atoms with E-state index < -0.39 is 0 Å². The monoisotopic (exact) mass is 431 g/mol. The Hall–Kier alpha value is -3.68. The Morgan fingerprint density at radius 2 is 1.88 bits per heavy atom. The molecule has 0 radical (unpaired) electrons. The molecule has 32 heavy (non-hydrogen) atoms. The molecule has 8 nitrogen and oxygen atoms in total. The van der Waals surface area contributed by atoms with Gasteiger partial charge in [-0.25, -0.2) is 0 Å². The van der Waals surface area contributed by atoms with Crippen LogP contribution in [0.2, 0.25) is 0 Å². The fourth-order valence-corrected chi connectivity index (χ4v) is 4.63. The summed E-state index contributed by atoms with van der Waals surface area (Å²) in [5, 5.41) is 4.43. The van der Waals surface area contributed by atoms with Gasteiger partial charge in [-0.2, -0.15) is 5.10 Å². The molecule has 1 aromatic carbocycles. The van der Waals surface area contributed by atoms with Crippen molar-refractivity contribution < 1.29 is 9.59 Å². The third kappa shape index (κ3) is 3.72. The quantitative estimate of drug-likeness (QED) is 0.683. The predicted molar refractivity (Wildman–Crippen MR) is 118 cm³/mol. The molecule has 3 aromatic rings. The van der Waals surface area contributed by atoms with Crippen molar-refractivity contribution in [3.8, 4) is 0 Å². The van der Waals surface area contributed by atoms with E-state index >= 15 is 0 Å². The molecule has 2 aliphatic rings. The van der Waals surface area contributed by atoms with Crippen molar-refractivity contribution in [2.45, 2.75) is 39.4 Å². The maximum Gasteiger partial charge on any atom is 0.261 e. The van der Waals surface area contributed by atoms with Gasteiger partial charge >= 0.3 is 0 Å². The second-order valence-electron chi connectivity index (χ2n) is 8.45. The Bertz CT molecular complexity index is 1240. The number of H-pyrrole nitrogens is 1. The Labute approximate surface area is 185 Å². The number of carbonyl (C=O) groups is 2. The highest BCUT2D eigenvalue weighted by Gasteiger charge is 2.30. The third-order valence-electron chi connectivity index (χ3n) is 6.26. The lowest BCUT2D eigenvalue weighted by molar-refractivity contribution is -0.131. The van der Waals surface area contributed by atoms with Crippen molar-refractivity contribution in [2.24, 2.45) is 0 Å². The first-order valence-corrected chi connectivity index (χ1v) is 10.9. The Balaban J connectivity index is 1.36. The van der Waals surface area contributed by atoms with Crippen LogP contribution < -0.4 is 5.56 Å². The summed E-state index contributed by atoms with van der Waals surface area (Å²) in [5.74, 6) is -0.210. The van der Waals surface area contributed by atoms with Gasteiger partial charge in [0.25, 0.3) is 11.5 Å². The Morgan fingerprint density at radius 3 is 2.69 bits per heavy atom. The van der Waals surface area contributed by atoms with E-state index in [-0.39, 0.29) is 22.9 Å². The van der Waals surface area contributed by atoms with Gasteiger partial charge < -0.3 is 14.8 Å². The van der Waals surface area contributed by atoms with Crippen molar-refractivity contribution in [2.75, 3.05) is 13.1 Å². The summed E-state index contributed by atoms with van der Waals surface area (Å²) in [7, 11) is 0. The number of hydrogen-bond acceptors (Lipinski definition) is 4. The summed E-state index contributed by atoms with van der Waals surface area (Å²) in [6, 6.07) is 11.6. The van der Waals surface area contributed by atoms with E-state index in [4.69, 9.17) is 0 Å². The summed E-state index contributed by atoms with van der Waals surface area (Å²) < 4.78 is 1.92. The number of aryl methyl sites for hydroxylation is 1. The van der Waals surface area contributed by atoms with Crippen LogP contribution in [0.5, 0.6) is 0 Å². The molecule has 1 N–H and O–H groups in total. The summed E-state index contributed by atoms with van der Waals surface area (Å²) in [6.07, 6.45) is 2.48. The maximum absolute atomic E-state index is 13.4. The first-order valence-electron chi connectivity index (χ1n) is 10.9. The van der Waals surface area contributed by atoms with Gasteiger partial charge in [0.1, 0.15) is 5.56 Å². The van der Waals surface area contributed by atoms with Crippen molar-refractivity contribution in [3.05, 3.63) is 86.6 Å². The van der Waals surface area contributed by atoms with Crippen LogP contribution in [0.15, 0.2) is 47.4 Å². The lowest BCUT2D eigenvalue weighted by Gasteiger charge is -2.32. The number of fused-ring (bicyclic) bond motifs is 2. The highest BCUT2D eigenvalue weighted by atomic mass is 16.2. The lowest BCUT2D eigenvalue weighted by Crippen LogP contribution is -2.43. The minimum absolute atomic E-state index is 0.0422. The molecule has 0 unspecified atom stereocenters. The molecule has 8 heteroatoms. The van der Waals surface area contributed by atoms with Gasteiger partial charge in [-0.15, -0.1) is 0 Å². The largest absolute Gasteiger partial charge is 0.338 e. The van der Waals surface area contributed by atoms with Crippen LogP contribution in [0.25, 0.3) is 0 Å². The lowest BCUT2D eigenvalue weighted by atomic mass is 9.95. The number of amides is 2. The van der Waals surface area contributed by atoms with Gasteiger partial charge in [0.05, 0.1) is 30.9 Å². The zero-order valence-corrected chi connectivity index (χ0v) is 18.0. The SMILES string of the molecule is Cc1cc2n(n1)CCN(C(=O)c1c3c(c[nH]c1=O)CN(C(=O)Cc1ccccc1)CC3)C2. The van der Waals surface area contributed by atoms with Crippen LogP contribution >= 0.6 is 0 Å². The van der Waals surface area contributed by atoms with E-state index in [9.17, 15) is 14.4 Å². The highest BCUT2D eigenvalue weighted by molar-refractivity contribution is 5.96. The summed E-state index contributed by atoms with van der Waals surface area (Å²) in [4.78, 5) is 45.1. The standard InChI is InChI=1S/C24H25N5O3/c1-16-11-19-15-28(9-10-29(19)26-16)24(32)22-20-7-8-27(14-18(20)13-25-23(22)31)21(30)12-17-5-3-2-4-6-17/h2-6,11,13H,7-10,12,14-15H2,1H3,(H,25,31). The average Bonchev–Trinajstić information content (AvgIpc) is 3.18. The number of rotatable bonds is 3. The molecule has 0 atom stereocenters. The average molecular weight is 431 g/mol. The molecular weight excluding hydrogens is 406 g/mol. The van der Waals surface area contributed by atoms with Crippen LogP contribution in [-0.4, -0.2) is 49.5 Å². The molecule has 2 amide bonds. The van der Waals surface area contributed by atoms with E-state index in [0.717, 1.165) is 28.1 Å². The van der Waals surface area contributed by atoms with Crippen molar-refractivity contribution >= 4 is 11.8 Å². The molecule has 0 saturated heterocycles. The van der Waals surface area contributed by atoms with E-state index in [1.54, 1.807) is 16.0 Å². The van der Waals surface area contributed by atoms with E-state index in [0.29, 0.717) is 45.6 Å². The normalized spacial score (nSPS) is 15.3. The second-order valence-corrected chi connectivity index (χ2v) is 8.45. The van der Waals surface area contributed by atoms with E-state index in [2.05, 4.69) is 10.1 Å². The Morgan fingerprint density at radius 1 is 1.06 bits per heavy atom. The fourth-order valence-electron chi connectivity index (χ4n) is 4.63. The van der Waals surface area contributed by atoms with Crippen LogP contribution in [0.4, 0.5) is 0 Å². The molecule has 2 aliphatic heterocycles. The van der Waals surface area contributed by atoms with E-state index in [1.165, 1.54) is 0 Å². The number of aromatic nitrogens is 3. The van der Waals surface area contributed by atoms with Crippen molar-refractivity contribution in [3.63, 3.8) is 0 Å². The molecule has 4 heterocycles. The van der Waals surface area contributed by atoms with Crippen LogP contribution in [-0.2, 0) is 37.3 Å². The number of benzene rings is 1. The fraction of sp³-hybridized carbons (Fsp3) is 0.333. The highest BCUT2D eigenvalue weighted by Crippen LogP contribution is 2.23. The summed E-state index contributed by atoms with van der Waals surface area (Å²) in [6.45, 7) is 4.38. The van der Waals surface area contributed by atoms with Gasteiger partial charge in [-0.1, -0.05) is 30.3 Å². The third-order valence-corrected chi connectivity index (χ3v) is 6.26. The molecule has 164 valence electrons. The predicted octanol–water partition coefficient (Wildman–Crippen LogP) is 1.66. The maximum atomic E-state index is 13.4. The van der Waals surface area contributed by atoms with Crippen molar-refractivity contribution in [1.82, 2.24) is 24.6 Å². The summed E-state index contributed by atoms with van der Waals surface area (Å²) in [5.41, 5.74) is 4.30. The molecule has 0 fully saturated rings. The molecule has 0 bridgehead atoms. The number of hydrogen-bond donors (Lipinski definition) is 1. The molecule has 0 saturated carbocycles. The number of pyridine rings is 1. The summed E-state index contributed by atoms with van der Waals surface area (Å²) >= 11 is 0. The van der Waals surface area contributed by atoms with Gasteiger partial charge in [-0.3, -0.25) is 19.1 Å². The van der Waals surface area contributed by atoms with Gasteiger partial charge in [0, 0.05) is 25.8 Å². The van der Waals surface area contributed by atoms with Gasteiger partial charge in [0.15, 0.2) is 0 Å². The number of aromatic amines is 1. The smallest absolute Gasteiger partial charge is 0.261 e. The number of nitrogens with one attached hydrogen (secondary N) is 1. The van der Waals surface area contributed by atoms with Crippen LogP contribution in [0.1, 0.15) is 38.4 Å². The first-order chi connectivity index (χ1) is 15.5. The van der Waals surface area contributed by atoms with Crippen molar-refractivity contribution in [1.29, 1.82) is 0 Å². The number of carbonyl (C=O) groups excluding carboxylic acids is 2. The van der Waals surface area contributed by atoms with Gasteiger partial charge in [0.2, 0.25) is 5.91 Å². The molecule has 0 aliphatic carbocycles. The minimum atomic E-state index is -0.368. The zero-order valence-electron chi connectivity index (χ0n) is 18.0. The molecular formula is C24H25N5O3. The molecule has 2 aromatic heterocycles. The molecule has 0 spiro atoms.